The molecule has 5 heteroatoms. The first kappa shape index (κ1) is 12.6. The van der Waals surface area contributed by atoms with Gasteiger partial charge >= 0.3 is 5.97 Å². The van der Waals surface area contributed by atoms with Crippen LogP contribution in [0.25, 0.3) is 0 Å². The first-order valence-electron chi connectivity index (χ1n) is 5.71. The fourth-order valence-corrected chi connectivity index (χ4v) is 2.21. The van der Waals surface area contributed by atoms with Crippen LogP contribution in [0.15, 0.2) is 24.3 Å². The van der Waals surface area contributed by atoms with Gasteiger partial charge < -0.3 is 14.7 Å². The Hall–Kier alpha value is -1.88. The summed E-state index contributed by atoms with van der Waals surface area (Å²) >= 11 is 0. The lowest BCUT2D eigenvalue weighted by atomic mass is 10.1. The second kappa shape index (κ2) is 4.78. The molecule has 0 saturated carbocycles. The van der Waals surface area contributed by atoms with Gasteiger partial charge in [-0.15, -0.1) is 0 Å². The third kappa shape index (κ3) is 1.97. The van der Waals surface area contributed by atoms with Crippen LogP contribution >= 0.6 is 0 Å². The Morgan fingerprint density at radius 1 is 1.44 bits per heavy atom. The molecule has 1 aliphatic rings. The number of ether oxygens (including phenoxy) is 1. The Labute approximate surface area is 105 Å². The molecule has 5 nitrogen and oxygen atoms in total. The molecule has 1 aliphatic heterocycles. The number of carbonyl (C=O) groups excluding carboxylic acids is 2. The summed E-state index contributed by atoms with van der Waals surface area (Å²) in [5.41, 5.74) is 1.43. The molecule has 0 fully saturated rings. The van der Waals surface area contributed by atoms with Gasteiger partial charge in [0.25, 0.3) is 5.91 Å². The van der Waals surface area contributed by atoms with Crippen LogP contribution in [-0.2, 0) is 16.1 Å². The highest BCUT2D eigenvalue weighted by Crippen LogP contribution is 2.25. The lowest BCUT2D eigenvalue weighted by molar-refractivity contribution is -0.149. The minimum absolute atomic E-state index is 0.248. The molecule has 2 rings (SSSR count). The minimum Gasteiger partial charge on any atom is -0.467 e. The molecule has 18 heavy (non-hydrogen) atoms. The fourth-order valence-electron chi connectivity index (χ4n) is 2.21. The number of rotatable bonds is 3. The van der Waals surface area contributed by atoms with E-state index >= 15 is 0 Å². The highest BCUT2D eigenvalue weighted by molar-refractivity contribution is 6.00. The van der Waals surface area contributed by atoms with Crippen LogP contribution in [0, 0.1) is 0 Å². The summed E-state index contributed by atoms with van der Waals surface area (Å²) in [4.78, 5) is 25.2. The van der Waals surface area contributed by atoms with E-state index in [0.717, 1.165) is 5.56 Å². The lowest BCUT2D eigenvalue weighted by Crippen LogP contribution is -2.48. The quantitative estimate of drug-likeness (QED) is 0.795. The molecule has 0 radical (unpaired) electrons. The summed E-state index contributed by atoms with van der Waals surface area (Å²) in [6.45, 7) is 1.79. The van der Waals surface area contributed by atoms with Gasteiger partial charge in [-0.2, -0.15) is 0 Å². The predicted octanol–water partition coefficient (Wildman–Crippen LogP) is 0.565. The smallest absolute Gasteiger partial charge is 0.331 e. The van der Waals surface area contributed by atoms with Crippen LogP contribution in [-0.4, -0.2) is 41.1 Å². The van der Waals surface area contributed by atoms with E-state index in [9.17, 15) is 14.7 Å². The summed E-state index contributed by atoms with van der Waals surface area (Å²) < 4.78 is 4.64. The molecule has 1 aromatic rings. The molecule has 1 aromatic carbocycles. The molecule has 1 heterocycles. The number of amides is 1. The minimum atomic E-state index is -0.976. The molecule has 0 aromatic heterocycles. The number of hydrogen-bond acceptors (Lipinski definition) is 4. The van der Waals surface area contributed by atoms with Gasteiger partial charge in [0.15, 0.2) is 6.04 Å². The maximum Gasteiger partial charge on any atom is 0.331 e. The average molecular weight is 249 g/mol. The second-order valence-electron chi connectivity index (χ2n) is 4.30. The lowest BCUT2D eigenvalue weighted by Gasteiger charge is -2.27. The molecule has 1 N–H and O–H groups in total. The Bertz CT molecular complexity index is 484. The molecule has 0 spiro atoms. The maximum absolute atomic E-state index is 12.2. The zero-order valence-electron chi connectivity index (χ0n) is 10.3. The average Bonchev–Trinajstić information content (AvgIpc) is 2.67. The van der Waals surface area contributed by atoms with Crippen molar-refractivity contribution in [2.24, 2.45) is 0 Å². The van der Waals surface area contributed by atoms with Crippen molar-refractivity contribution >= 4 is 11.9 Å². The molecular weight excluding hydrogens is 234 g/mol. The monoisotopic (exact) mass is 249 g/mol. The van der Waals surface area contributed by atoms with Crippen LogP contribution in [0.5, 0.6) is 0 Å². The van der Waals surface area contributed by atoms with Crippen LogP contribution in [0.3, 0.4) is 0 Å². The van der Waals surface area contributed by atoms with Gasteiger partial charge in [0.05, 0.1) is 13.2 Å². The SMILES string of the molecule is COC(=O)[C@H]([C@H](C)O)N1Cc2ccccc2C1=O. The number of nitrogens with zero attached hydrogens (tertiary/aromatic N) is 1. The third-order valence-corrected chi connectivity index (χ3v) is 3.08. The molecule has 0 saturated heterocycles. The van der Waals surface area contributed by atoms with Gasteiger partial charge in [-0.05, 0) is 18.6 Å². The number of esters is 1. The van der Waals surface area contributed by atoms with E-state index in [4.69, 9.17) is 0 Å². The highest BCUT2D eigenvalue weighted by Gasteiger charge is 2.39. The van der Waals surface area contributed by atoms with Gasteiger partial charge in [0, 0.05) is 12.1 Å². The number of methoxy groups -OCH3 is 1. The van der Waals surface area contributed by atoms with E-state index in [1.807, 2.05) is 12.1 Å². The van der Waals surface area contributed by atoms with Crippen LogP contribution in [0.1, 0.15) is 22.8 Å². The fraction of sp³-hybridized carbons (Fsp3) is 0.385. The largest absolute Gasteiger partial charge is 0.467 e. The molecular formula is C13H15NO4. The van der Waals surface area contributed by atoms with Gasteiger partial charge in [-0.3, -0.25) is 4.79 Å². The standard InChI is InChI=1S/C13H15NO4/c1-8(15)11(13(17)18-2)14-7-9-5-3-4-6-10(9)12(14)16/h3-6,8,11,15H,7H2,1-2H3/t8-,11-/m0/s1. The Morgan fingerprint density at radius 2 is 2.11 bits per heavy atom. The Morgan fingerprint density at radius 3 is 2.67 bits per heavy atom. The predicted molar refractivity (Wildman–Crippen MR) is 63.8 cm³/mol. The molecule has 0 unspecified atom stereocenters. The number of aliphatic hydroxyl groups excluding tert-OH is 1. The number of hydrogen-bond donors (Lipinski definition) is 1. The third-order valence-electron chi connectivity index (χ3n) is 3.08. The second-order valence-corrected chi connectivity index (χ2v) is 4.30. The summed E-state index contributed by atoms with van der Waals surface area (Å²) in [5, 5.41) is 9.68. The molecule has 0 bridgehead atoms. The zero-order chi connectivity index (χ0) is 13.3. The normalized spacial score (nSPS) is 17.3. The molecule has 96 valence electrons. The zero-order valence-corrected chi connectivity index (χ0v) is 10.3. The topological polar surface area (TPSA) is 66.8 Å². The molecule has 2 atom stereocenters. The van der Waals surface area contributed by atoms with Crippen molar-refractivity contribution in [1.29, 1.82) is 0 Å². The van der Waals surface area contributed by atoms with Crippen molar-refractivity contribution in [1.82, 2.24) is 4.90 Å². The van der Waals surface area contributed by atoms with Crippen LogP contribution < -0.4 is 0 Å². The van der Waals surface area contributed by atoms with E-state index in [-0.39, 0.29) is 5.91 Å². The highest BCUT2D eigenvalue weighted by atomic mass is 16.5. The van der Waals surface area contributed by atoms with E-state index in [1.54, 1.807) is 12.1 Å². The first-order valence-corrected chi connectivity index (χ1v) is 5.71. The Kier molecular flexibility index (Phi) is 3.34. The first-order chi connectivity index (χ1) is 8.56. The summed E-state index contributed by atoms with van der Waals surface area (Å²) in [5.74, 6) is -0.854. The van der Waals surface area contributed by atoms with Crippen LogP contribution in [0.2, 0.25) is 0 Å². The van der Waals surface area contributed by atoms with Gasteiger partial charge in [-0.1, -0.05) is 18.2 Å². The van der Waals surface area contributed by atoms with Gasteiger partial charge in [0.1, 0.15) is 0 Å². The van der Waals surface area contributed by atoms with E-state index in [1.165, 1.54) is 18.9 Å². The van der Waals surface area contributed by atoms with Gasteiger partial charge in [0.2, 0.25) is 0 Å². The van der Waals surface area contributed by atoms with Crippen molar-refractivity contribution in [2.75, 3.05) is 7.11 Å². The Balaban J connectivity index is 2.31. The number of fused-ring (bicyclic) bond motifs is 1. The molecule has 1 amide bonds. The van der Waals surface area contributed by atoms with Crippen molar-refractivity contribution in [3.8, 4) is 0 Å². The molecule has 0 aliphatic carbocycles. The number of carbonyl (C=O) groups is 2. The number of aliphatic hydroxyl groups is 1. The summed E-state index contributed by atoms with van der Waals surface area (Å²) in [7, 11) is 1.24. The van der Waals surface area contributed by atoms with Crippen molar-refractivity contribution in [2.45, 2.75) is 25.6 Å². The van der Waals surface area contributed by atoms with E-state index < -0.39 is 18.1 Å². The maximum atomic E-state index is 12.2. The van der Waals surface area contributed by atoms with Crippen molar-refractivity contribution < 1.29 is 19.4 Å². The van der Waals surface area contributed by atoms with Crippen molar-refractivity contribution in [3.63, 3.8) is 0 Å². The van der Waals surface area contributed by atoms with E-state index in [0.29, 0.717) is 12.1 Å². The summed E-state index contributed by atoms with van der Waals surface area (Å²) in [6.07, 6.45) is -0.976. The van der Waals surface area contributed by atoms with Crippen molar-refractivity contribution in [3.05, 3.63) is 35.4 Å². The number of benzene rings is 1. The van der Waals surface area contributed by atoms with E-state index in [2.05, 4.69) is 4.74 Å². The summed E-state index contributed by atoms with van der Waals surface area (Å²) in [6, 6.07) is 6.20. The van der Waals surface area contributed by atoms with Crippen LogP contribution in [0.4, 0.5) is 0 Å². The van der Waals surface area contributed by atoms with Gasteiger partial charge in [-0.25, -0.2) is 4.79 Å².